The molecule has 2 fully saturated rings. The van der Waals surface area contributed by atoms with Gasteiger partial charge in [-0.25, -0.2) is 4.79 Å². The first-order valence-electron chi connectivity index (χ1n) is 6.57. The summed E-state index contributed by atoms with van der Waals surface area (Å²) in [5, 5.41) is 15.5. The molecule has 0 aromatic carbocycles. The van der Waals surface area contributed by atoms with Crippen molar-refractivity contribution in [2.75, 3.05) is 0 Å². The molecule has 2 N–H and O–H groups in total. The number of aromatic nitrogens is 2. The van der Waals surface area contributed by atoms with Gasteiger partial charge in [0.15, 0.2) is 5.82 Å². The van der Waals surface area contributed by atoms with Crippen LogP contribution in [0.2, 0.25) is 0 Å². The van der Waals surface area contributed by atoms with Gasteiger partial charge in [-0.2, -0.15) is 4.98 Å². The summed E-state index contributed by atoms with van der Waals surface area (Å²) in [6.07, 6.45) is 5.20. The summed E-state index contributed by atoms with van der Waals surface area (Å²) in [6, 6.07) is -0.0825. The fourth-order valence-corrected chi connectivity index (χ4v) is 2.67. The maximum Gasteiger partial charge on any atom is 0.404 e. The third-order valence-electron chi connectivity index (χ3n) is 3.79. The molecule has 1 heterocycles. The van der Waals surface area contributed by atoms with Gasteiger partial charge in [-0.1, -0.05) is 18.0 Å². The summed E-state index contributed by atoms with van der Waals surface area (Å²) in [5.41, 5.74) is 0. The fourth-order valence-electron chi connectivity index (χ4n) is 2.67. The molecular weight excluding hydrogens is 234 g/mol. The van der Waals surface area contributed by atoms with E-state index in [2.05, 4.69) is 15.5 Å². The zero-order valence-electron chi connectivity index (χ0n) is 10.1. The van der Waals surface area contributed by atoms with E-state index in [-0.39, 0.29) is 12.0 Å². The van der Waals surface area contributed by atoms with Crippen molar-refractivity contribution in [3.05, 3.63) is 11.7 Å². The SMILES string of the molecule is O=C(O)NC1CCCCC1c1noc(C2CC2)n1. The molecule has 0 saturated heterocycles. The zero-order chi connectivity index (χ0) is 12.5. The van der Waals surface area contributed by atoms with Crippen molar-refractivity contribution < 1.29 is 14.4 Å². The second-order valence-electron chi connectivity index (χ2n) is 5.21. The Morgan fingerprint density at radius 1 is 1.28 bits per heavy atom. The van der Waals surface area contributed by atoms with Crippen LogP contribution in [0.1, 0.15) is 62.1 Å². The number of nitrogens with zero attached hydrogens (tertiary/aromatic N) is 2. The Bertz CT molecular complexity index is 442. The average Bonchev–Trinajstić information content (AvgIpc) is 3.08. The number of carboxylic acid groups (broad SMARTS) is 1. The summed E-state index contributed by atoms with van der Waals surface area (Å²) in [5.74, 6) is 1.91. The van der Waals surface area contributed by atoms with Gasteiger partial charge in [0.25, 0.3) is 0 Å². The van der Waals surface area contributed by atoms with Crippen molar-refractivity contribution in [1.82, 2.24) is 15.5 Å². The zero-order valence-corrected chi connectivity index (χ0v) is 10.1. The number of hydrogen-bond donors (Lipinski definition) is 2. The van der Waals surface area contributed by atoms with Crippen molar-refractivity contribution in [2.45, 2.75) is 56.4 Å². The molecule has 2 aliphatic rings. The van der Waals surface area contributed by atoms with E-state index < -0.39 is 6.09 Å². The summed E-state index contributed by atoms with van der Waals surface area (Å²) in [7, 11) is 0. The topological polar surface area (TPSA) is 88.2 Å². The molecule has 0 radical (unpaired) electrons. The monoisotopic (exact) mass is 251 g/mol. The lowest BCUT2D eigenvalue weighted by atomic mass is 9.84. The van der Waals surface area contributed by atoms with Gasteiger partial charge >= 0.3 is 6.09 Å². The molecule has 2 atom stereocenters. The van der Waals surface area contributed by atoms with Crippen LogP contribution in [0.3, 0.4) is 0 Å². The Balaban J connectivity index is 1.75. The number of carbonyl (C=O) groups is 1. The molecule has 6 heteroatoms. The van der Waals surface area contributed by atoms with Crippen LogP contribution in [0.25, 0.3) is 0 Å². The van der Waals surface area contributed by atoms with Gasteiger partial charge in [-0.15, -0.1) is 0 Å². The van der Waals surface area contributed by atoms with Crippen molar-refractivity contribution in [2.24, 2.45) is 0 Å². The van der Waals surface area contributed by atoms with Gasteiger partial charge in [-0.3, -0.25) is 0 Å². The van der Waals surface area contributed by atoms with E-state index in [1.165, 1.54) is 0 Å². The van der Waals surface area contributed by atoms with Gasteiger partial charge in [-0.05, 0) is 25.7 Å². The summed E-state index contributed by atoms with van der Waals surface area (Å²) >= 11 is 0. The molecule has 1 aromatic heterocycles. The van der Waals surface area contributed by atoms with Crippen LogP contribution in [0.5, 0.6) is 0 Å². The van der Waals surface area contributed by atoms with Crippen LogP contribution in [0.4, 0.5) is 4.79 Å². The Kier molecular flexibility index (Phi) is 2.93. The highest BCUT2D eigenvalue weighted by Crippen LogP contribution is 2.40. The Morgan fingerprint density at radius 2 is 2.06 bits per heavy atom. The molecule has 98 valence electrons. The van der Waals surface area contributed by atoms with Crippen LogP contribution < -0.4 is 5.32 Å². The third-order valence-corrected chi connectivity index (χ3v) is 3.79. The molecule has 6 nitrogen and oxygen atoms in total. The molecule has 2 aliphatic carbocycles. The number of rotatable bonds is 3. The maximum absolute atomic E-state index is 10.8. The number of amides is 1. The molecule has 0 spiro atoms. The molecule has 18 heavy (non-hydrogen) atoms. The highest BCUT2D eigenvalue weighted by molar-refractivity contribution is 5.65. The first kappa shape index (κ1) is 11.5. The normalized spacial score (nSPS) is 28.0. The average molecular weight is 251 g/mol. The van der Waals surface area contributed by atoms with Gasteiger partial charge in [0.2, 0.25) is 5.89 Å². The highest BCUT2D eigenvalue weighted by atomic mass is 16.5. The predicted molar refractivity (Wildman–Crippen MR) is 62.4 cm³/mol. The largest absolute Gasteiger partial charge is 0.465 e. The van der Waals surface area contributed by atoms with Crippen LogP contribution >= 0.6 is 0 Å². The summed E-state index contributed by atoms with van der Waals surface area (Å²) < 4.78 is 5.26. The fraction of sp³-hybridized carbons (Fsp3) is 0.750. The minimum Gasteiger partial charge on any atom is -0.465 e. The molecular formula is C12H17N3O3. The minimum atomic E-state index is -0.974. The van der Waals surface area contributed by atoms with E-state index in [4.69, 9.17) is 9.63 Å². The lowest BCUT2D eigenvalue weighted by molar-refractivity contribution is 0.182. The molecule has 1 aromatic rings. The van der Waals surface area contributed by atoms with Gasteiger partial charge in [0, 0.05) is 17.9 Å². The van der Waals surface area contributed by atoms with Crippen molar-refractivity contribution in [1.29, 1.82) is 0 Å². The lowest BCUT2D eigenvalue weighted by Gasteiger charge is -2.28. The van der Waals surface area contributed by atoms with Crippen molar-refractivity contribution >= 4 is 6.09 Å². The van der Waals surface area contributed by atoms with E-state index in [1.54, 1.807) is 0 Å². The molecule has 2 unspecified atom stereocenters. The molecule has 1 amide bonds. The Hall–Kier alpha value is -1.59. The maximum atomic E-state index is 10.8. The van der Waals surface area contributed by atoms with Gasteiger partial charge in [0.05, 0.1) is 0 Å². The van der Waals surface area contributed by atoms with E-state index in [0.29, 0.717) is 11.7 Å². The molecule has 0 aliphatic heterocycles. The van der Waals surface area contributed by atoms with Crippen molar-refractivity contribution in [3.8, 4) is 0 Å². The van der Waals surface area contributed by atoms with Crippen LogP contribution in [0.15, 0.2) is 4.52 Å². The quantitative estimate of drug-likeness (QED) is 0.860. The Labute approximate surface area is 105 Å². The summed E-state index contributed by atoms with van der Waals surface area (Å²) in [6.45, 7) is 0. The predicted octanol–water partition coefficient (Wildman–Crippen LogP) is 2.24. The smallest absolute Gasteiger partial charge is 0.404 e. The molecule has 0 bridgehead atoms. The van der Waals surface area contributed by atoms with Gasteiger partial charge < -0.3 is 14.9 Å². The van der Waals surface area contributed by atoms with Crippen molar-refractivity contribution in [3.63, 3.8) is 0 Å². The lowest BCUT2D eigenvalue weighted by Crippen LogP contribution is -2.40. The molecule has 3 rings (SSSR count). The third kappa shape index (κ3) is 2.32. The number of nitrogens with one attached hydrogen (secondary N) is 1. The Morgan fingerprint density at radius 3 is 2.78 bits per heavy atom. The van der Waals surface area contributed by atoms with Crippen LogP contribution in [-0.4, -0.2) is 27.4 Å². The highest BCUT2D eigenvalue weighted by Gasteiger charge is 2.34. The van der Waals surface area contributed by atoms with Crippen LogP contribution in [-0.2, 0) is 0 Å². The van der Waals surface area contributed by atoms with E-state index >= 15 is 0 Å². The minimum absolute atomic E-state index is 0.0612. The number of hydrogen-bond acceptors (Lipinski definition) is 4. The second-order valence-corrected chi connectivity index (χ2v) is 5.21. The first-order valence-corrected chi connectivity index (χ1v) is 6.57. The molecule has 2 saturated carbocycles. The standard InChI is InChI=1S/C12H17N3O3/c16-12(17)13-9-4-2-1-3-8(9)10-14-11(18-15-10)7-5-6-7/h7-9,13H,1-6H2,(H,16,17). The van der Waals surface area contributed by atoms with E-state index in [1.807, 2.05) is 0 Å². The van der Waals surface area contributed by atoms with Gasteiger partial charge in [0.1, 0.15) is 0 Å². The van der Waals surface area contributed by atoms with E-state index in [0.717, 1.165) is 44.4 Å². The van der Waals surface area contributed by atoms with E-state index in [9.17, 15) is 4.79 Å². The second kappa shape index (κ2) is 4.59. The van der Waals surface area contributed by atoms with Crippen LogP contribution in [0, 0.1) is 0 Å². The summed E-state index contributed by atoms with van der Waals surface area (Å²) in [4.78, 5) is 15.2. The first-order chi connectivity index (χ1) is 8.74.